The molecule has 0 N–H and O–H groups in total. The highest BCUT2D eigenvalue weighted by atomic mass is 32.2. The minimum Gasteiger partial charge on any atom is -0.484 e. The normalized spacial score (nSPS) is 22.7. The van der Waals surface area contributed by atoms with Crippen molar-refractivity contribution in [1.82, 2.24) is 24.6 Å². The summed E-state index contributed by atoms with van der Waals surface area (Å²) in [5.41, 5.74) is 0. The summed E-state index contributed by atoms with van der Waals surface area (Å²) in [4.78, 5) is 18.7. The number of ether oxygens (including phenoxy) is 1. The lowest BCUT2D eigenvalue weighted by Gasteiger charge is -2.35. The van der Waals surface area contributed by atoms with Crippen molar-refractivity contribution in [3.63, 3.8) is 0 Å². The van der Waals surface area contributed by atoms with E-state index in [0.717, 1.165) is 30.2 Å². The van der Waals surface area contributed by atoms with Crippen LogP contribution in [0.1, 0.15) is 37.5 Å². The van der Waals surface area contributed by atoms with E-state index < -0.39 is 0 Å². The van der Waals surface area contributed by atoms with Gasteiger partial charge < -0.3 is 14.2 Å². The molecule has 0 bridgehead atoms. The van der Waals surface area contributed by atoms with Crippen LogP contribution >= 0.6 is 11.8 Å². The van der Waals surface area contributed by atoms with Crippen LogP contribution in [0.25, 0.3) is 0 Å². The fourth-order valence-electron chi connectivity index (χ4n) is 3.39. The van der Waals surface area contributed by atoms with Crippen molar-refractivity contribution in [2.75, 3.05) is 12.3 Å². The van der Waals surface area contributed by atoms with Gasteiger partial charge in [0.15, 0.2) is 11.6 Å². The topological polar surface area (TPSA) is 73.1 Å². The van der Waals surface area contributed by atoms with Crippen LogP contribution in [-0.2, 0) is 17.9 Å². The Balaban J connectivity index is 1.46. The quantitative estimate of drug-likeness (QED) is 0.832. The van der Waals surface area contributed by atoms with Gasteiger partial charge in [-0.2, -0.15) is 0 Å². The van der Waals surface area contributed by atoms with Crippen molar-refractivity contribution < 1.29 is 9.53 Å². The summed E-state index contributed by atoms with van der Waals surface area (Å²) in [5.74, 6) is 3.67. The van der Waals surface area contributed by atoms with Crippen LogP contribution < -0.4 is 4.74 Å². The fraction of sp³-hybridized carbons (Fsp3) is 0.529. The lowest BCUT2D eigenvalue weighted by molar-refractivity contribution is -0.134. The molecule has 7 nitrogen and oxygen atoms in total. The van der Waals surface area contributed by atoms with Crippen LogP contribution in [0.3, 0.4) is 0 Å². The van der Waals surface area contributed by atoms with Crippen molar-refractivity contribution in [1.29, 1.82) is 0 Å². The fourth-order valence-corrected chi connectivity index (χ4v) is 4.62. The molecule has 1 fully saturated rings. The summed E-state index contributed by atoms with van der Waals surface area (Å²) in [6, 6.07) is 3.64. The van der Waals surface area contributed by atoms with Crippen LogP contribution in [0.15, 0.2) is 24.5 Å². The predicted molar refractivity (Wildman–Crippen MR) is 94.2 cm³/mol. The first-order valence-corrected chi connectivity index (χ1v) is 9.66. The molecule has 2 aliphatic heterocycles. The van der Waals surface area contributed by atoms with Crippen LogP contribution in [0, 0.1) is 0 Å². The summed E-state index contributed by atoms with van der Waals surface area (Å²) in [7, 11) is 0. The second-order valence-electron chi connectivity index (χ2n) is 6.31. The lowest BCUT2D eigenvalue weighted by Crippen LogP contribution is -2.44. The minimum atomic E-state index is -0.0536. The molecular formula is C17H21N5O2S. The third kappa shape index (κ3) is 3.22. The SMILES string of the molecule is C[C@H]1c2nnc(COc3cccnc3)n2CCN1C(=O)[C@H]1CCCS1. The van der Waals surface area contributed by atoms with Crippen LogP contribution in [0.2, 0.25) is 0 Å². The standard InChI is InChI=1S/C17H21N5O2S/c1-12-16-20-19-15(11-24-13-4-2-6-18-10-13)22(16)8-7-21(12)17(23)14-5-3-9-25-14/h2,4,6,10,12,14H,3,5,7-9,11H2,1H3/t12-,14+/m0/s1. The van der Waals surface area contributed by atoms with E-state index in [1.54, 1.807) is 24.2 Å². The van der Waals surface area contributed by atoms with Gasteiger partial charge in [0.1, 0.15) is 12.4 Å². The van der Waals surface area contributed by atoms with Gasteiger partial charge in [0, 0.05) is 19.3 Å². The number of pyridine rings is 1. The average Bonchev–Trinajstić information content (AvgIpc) is 3.31. The van der Waals surface area contributed by atoms with Crippen molar-refractivity contribution >= 4 is 17.7 Å². The number of hydrogen-bond acceptors (Lipinski definition) is 6. The number of hydrogen-bond donors (Lipinski definition) is 0. The van der Waals surface area contributed by atoms with E-state index in [1.807, 2.05) is 24.0 Å². The van der Waals surface area contributed by atoms with Gasteiger partial charge >= 0.3 is 0 Å². The summed E-state index contributed by atoms with van der Waals surface area (Å²) in [6.45, 7) is 3.78. The molecule has 0 aliphatic carbocycles. The first-order chi connectivity index (χ1) is 12.2. The van der Waals surface area contributed by atoms with E-state index >= 15 is 0 Å². The van der Waals surface area contributed by atoms with Gasteiger partial charge in [-0.15, -0.1) is 22.0 Å². The Morgan fingerprint density at radius 2 is 2.32 bits per heavy atom. The van der Waals surface area contributed by atoms with Gasteiger partial charge in [0.05, 0.1) is 17.5 Å². The van der Waals surface area contributed by atoms with Crippen LogP contribution in [0.5, 0.6) is 5.75 Å². The maximum atomic E-state index is 12.8. The zero-order valence-electron chi connectivity index (χ0n) is 14.2. The first-order valence-electron chi connectivity index (χ1n) is 8.61. The molecule has 0 aromatic carbocycles. The maximum Gasteiger partial charge on any atom is 0.236 e. The van der Waals surface area contributed by atoms with Gasteiger partial charge in [-0.1, -0.05) is 0 Å². The van der Waals surface area contributed by atoms with E-state index in [-0.39, 0.29) is 17.2 Å². The Morgan fingerprint density at radius 1 is 1.40 bits per heavy atom. The molecule has 2 aliphatic rings. The number of aromatic nitrogens is 4. The van der Waals surface area contributed by atoms with Crippen molar-refractivity contribution in [2.45, 2.75) is 44.2 Å². The largest absolute Gasteiger partial charge is 0.484 e. The highest BCUT2D eigenvalue weighted by Gasteiger charge is 2.35. The summed E-state index contributed by atoms with van der Waals surface area (Å²) < 4.78 is 7.81. The second-order valence-corrected chi connectivity index (χ2v) is 7.62. The molecule has 0 spiro atoms. The Hall–Kier alpha value is -2.09. The number of carbonyl (C=O) groups is 1. The highest BCUT2D eigenvalue weighted by Crippen LogP contribution is 2.32. The Kier molecular flexibility index (Phi) is 4.61. The third-order valence-corrected chi connectivity index (χ3v) is 6.12. The molecule has 4 heterocycles. The van der Waals surface area contributed by atoms with Crippen molar-refractivity contribution in [3.05, 3.63) is 36.2 Å². The smallest absolute Gasteiger partial charge is 0.236 e. The van der Waals surface area contributed by atoms with E-state index in [2.05, 4.69) is 19.7 Å². The monoisotopic (exact) mass is 359 g/mol. The summed E-state index contributed by atoms with van der Waals surface area (Å²) in [6.07, 6.45) is 5.51. The number of rotatable bonds is 4. The molecule has 0 radical (unpaired) electrons. The van der Waals surface area contributed by atoms with Gasteiger partial charge in [-0.3, -0.25) is 9.78 Å². The number of amides is 1. The summed E-state index contributed by atoms with van der Waals surface area (Å²) >= 11 is 1.78. The highest BCUT2D eigenvalue weighted by molar-refractivity contribution is 8.00. The van der Waals surface area contributed by atoms with Gasteiger partial charge in [-0.05, 0) is 37.7 Å². The molecule has 1 amide bonds. The molecule has 1 saturated heterocycles. The molecule has 2 aromatic heterocycles. The minimum absolute atomic E-state index is 0.0536. The zero-order valence-corrected chi connectivity index (χ0v) is 15.0. The molecule has 132 valence electrons. The number of thioether (sulfide) groups is 1. The van der Waals surface area contributed by atoms with Crippen molar-refractivity contribution in [2.24, 2.45) is 0 Å². The van der Waals surface area contributed by atoms with Gasteiger partial charge in [0.2, 0.25) is 5.91 Å². The van der Waals surface area contributed by atoms with E-state index in [0.29, 0.717) is 25.4 Å². The van der Waals surface area contributed by atoms with Crippen LogP contribution in [0.4, 0.5) is 0 Å². The average molecular weight is 359 g/mol. The Labute approximate surface area is 150 Å². The number of carbonyl (C=O) groups excluding carboxylic acids is 1. The summed E-state index contributed by atoms with van der Waals surface area (Å²) in [5, 5.41) is 8.72. The molecule has 0 unspecified atom stereocenters. The van der Waals surface area contributed by atoms with E-state index in [9.17, 15) is 4.79 Å². The Bertz CT molecular complexity index is 745. The maximum absolute atomic E-state index is 12.8. The zero-order chi connectivity index (χ0) is 17.2. The number of fused-ring (bicyclic) bond motifs is 1. The van der Waals surface area contributed by atoms with Gasteiger partial charge in [-0.25, -0.2) is 0 Å². The predicted octanol–water partition coefficient (Wildman–Crippen LogP) is 2.05. The van der Waals surface area contributed by atoms with Gasteiger partial charge in [0.25, 0.3) is 0 Å². The molecule has 25 heavy (non-hydrogen) atoms. The Morgan fingerprint density at radius 3 is 3.08 bits per heavy atom. The number of nitrogens with zero attached hydrogens (tertiary/aromatic N) is 5. The second kappa shape index (κ2) is 7.03. The van der Waals surface area contributed by atoms with Crippen molar-refractivity contribution in [3.8, 4) is 5.75 Å². The van der Waals surface area contributed by atoms with E-state index in [4.69, 9.17) is 4.74 Å². The molecule has 4 rings (SSSR count). The molecule has 2 aromatic rings. The first kappa shape index (κ1) is 16.4. The van der Waals surface area contributed by atoms with E-state index in [1.165, 1.54) is 0 Å². The third-order valence-electron chi connectivity index (χ3n) is 4.75. The molecule has 2 atom stereocenters. The molecular weight excluding hydrogens is 338 g/mol. The lowest BCUT2D eigenvalue weighted by atomic mass is 10.1. The van der Waals surface area contributed by atoms with Crippen LogP contribution in [-0.4, -0.2) is 48.1 Å². The molecule has 0 saturated carbocycles. The molecule has 8 heteroatoms.